The largest absolute Gasteiger partial charge is 0.405 e. The number of thiazole rings is 1. The molecule has 16 heavy (non-hydrogen) atoms. The summed E-state index contributed by atoms with van der Waals surface area (Å²) < 4.78 is 36.5. The second kappa shape index (κ2) is 5.27. The highest BCUT2D eigenvalue weighted by molar-refractivity contribution is 7.09. The molecule has 0 aliphatic rings. The number of rotatable bonds is 4. The molecule has 0 aliphatic carbocycles. The monoisotopic (exact) mass is 249 g/mol. The van der Waals surface area contributed by atoms with Crippen molar-refractivity contribution in [3.05, 3.63) is 16.1 Å². The first-order valence-electron chi connectivity index (χ1n) is 4.51. The fraction of sp³-hybridized carbons (Fsp3) is 0.556. The maximum atomic E-state index is 12.2. The lowest BCUT2D eigenvalue weighted by Crippen LogP contribution is -2.32. The van der Waals surface area contributed by atoms with Crippen LogP contribution in [0.4, 0.5) is 13.2 Å². The zero-order valence-corrected chi connectivity index (χ0v) is 9.32. The second-order valence-electron chi connectivity index (χ2n) is 3.21. The minimum atomic E-state index is -4.47. The number of nitrogens with one attached hydrogen (secondary N) is 1. The third kappa shape index (κ3) is 3.79. The second-order valence-corrected chi connectivity index (χ2v) is 4.27. The molecular formula is C9H10F3N3S. The van der Waals surface area contributed by atoms with Crippen molar-refractivity contribution >= 4 is 11.3 Å². The standard InChI is InChI=1S/C9H10F3N3S/c1-6-15-8(5-16-6)4-14-3-7(2-13)9(10,11)12/h5,7,14H,3-4H2,1H3. The molecule has 0 bridgehead atoms. The highest BCUT2D eigenvalue weighted by atomic mass is 32.1. The van der Waals surface area contributed by atoms with Crippen molar-refractivity contribution in [2.75, 3.05) is 6.54 Å². The first-order chi connectivity index (χ1) is 7.43. The van der Waals surface area contributed by atoms with Gasteiger partial charge in [-0.05, 0) is 6.92 Å². The lowest BCUT2D eigenvalue weighted by Gasteiger charge is -2.13. The number of hydrogen-bond acceptors (Lipinski definition) is 4. The summed E-state index contributed by atoms with van der Waals surface area (Å²) in [6.45, 7) is 1.66. The van der Waals surface area contributed by atoms with Crippen LogP contribution in [0, 0.1) is 24.2 Å². The van der Waals surface area contributed by atoms with Crippen LogP contribution < -0.4 is 5.32 Å². The molecule has 0 aromatic carbocycles. The van der Waals surface area contributed by atoms with E-state index in [2.05, 4.69) is 10.3 Å². The van der Waals surface area contributed by atoms with Gasteiger partial charge >= 0.3 is 6.18 Å². The molecule has 0 amide bonds. The Morgan fingerprint density at radius 3 is 2.75 bits per heavy atom. The van der Waals surface area contributed by atoms with Gasteiger partial charge in [0.05, 0.1) is 16.8 Å². The molecule has 1 N–H and O–H groups in total. The summed E-state index contributed by atoms with van der Waals surface area (Å²) in [6.07, 6.45) is -4.47. The first kappa shape index (κ1) is 12.9. The van der Waals surface area contributed by atoms with E-state index in [1.807, 2.05) is 6.92 Å². The topological polar surface area (TPSA) is 48.7 Å². The molecule has 1 aromatic rings. The molecule has 1 aromatic heterocycles. The Bertz CT molecular complexity index is 380. The highest BCUT2D eigenvalue weighted by Gasteiger charge is 2.39. The van der Waals surface area contributed by atoms with Crippen LogP contribution in [-0.2, 0) is 6.54 Å². The summed E-state index contributed by atoms with van der Waals surface area (Å²) in [5.41, 5.74) is 0.696. The molecule has 1 heterocycles. The lowest BCUT2D eigenvalue weighted by atomic mass is 10.1. The van der Waals surface area contributed by atoms with Crippen molar-refractivity contribution in [1.82, 2.24) is 10.3 Å². The van der Waals surface area contributed by atoms with Crippen LogP contribution in [0.1, 0.15) is 10.7 Å². The number of nitrogens with zero attached hydrogens (tertiary/aromatic N) is 2. The van der Waals surface area contributed by atoms with Crippen LogP contribution in [0.5, 0.6) is 0 Å². The van der Waals surface area contributed by atoms with Crippen molar-refractivity contribution in [3.63, 3.8) is 0 Å². The molecule has 7 heteroatoms. The predicted octanol–water partition coefficient (Wildman–Crippen LogP) is 2.24. The molecule has 0 saturated heterocycles. The normalized spacial score (nSPS) is 13.4. The van der Waals surface area contributed by atoms with Gasteiger partial charge in [0, 0.05) is 18.5 Å². The van der Waals surface area contributed by atoms with Crippen LogP contribution in [0.2, 0.25) is 0 Å². The molecule has 3 nitrogen and oxygen atoms in total. The molecule has 1 atom stereocenters. The third-order valence-corrected chi connectivity index (χ3v) is 2.69. The van der Waals surface area contributed by atoms with Gasteiger partial charge in [0.15, 0.2) is 5.92 Å². The van der Waals surface area contributed by atoms with E-state index in [4.69, 9.17) is 5.26 Å². The SMILES string of the molecule is Cc1nc(CNCC(C#N)C(F)(F)F)cs1. The molecule has 0 spiro atoms. The minimum Gasteiger partial charge on any atom is -0.309 e. The number of aromatic nitrogens is 1. The Morgan fingerprint density at radius 2 is 2.31 bits per heavy atom. The number of halogens is 3. The lowest BCUT2D eigenvalue weighted by molar-refractivity contribution is -0.157. The average Bonchev–Trinajstić information content (AvgIpc) is 2.57. The summed E-state index contributed by atoms with van der Waals surface area (Å²) in [5.74, 6) is -1.97. The summed E-state index contributed by atoms with van der Waals surface area (Å²) in [5, 5.41) is 13.6. The summed E-state index contributed by atoms with van der Waals surface area (Å²) >= 11 is 1.44. The van der Waals surface area contributed by atoms with Crippen LogP contribution in [0.3, 0.4) is 0 Å². The van der Waals surface area contributed by atoms with Crippen LogP contribution >= 0.6 is 11.3 Å². The Labute approximate surface area is 94.9 Å². The number of alkyl halides is 3. The molecular weight excluding hydrogens is 239 g/mol. The van der Waals surface area contributed by atoms with E-state index in [9.17, 15) is 13.2 Å². The molecule has 1 unspecified atom stereocenters. The van der Waals surface area contributed by atoms with E-state index < -0.39 is 18.6 Å². The maximum Gasteiger partial charge on any atom is 0.405 e. The Hall–Kier alpha value is -1.13. The first-order valence-corrected chi connectivity index (χ1v) is 5.39. The van der Waals surface area contributed by atoms with Gasteiger partial charge in [0.1, 0.15) is 0 Å². The fourth-order valence-electron chi connectivity index (χ4n) is 1.07. The van der Waals surface area contributed by atoms with E-state index in [1.165, 1.54) is 17.4 Å². The zero-order chi connectivity index (χ0) is 12.2. The van der Waals surface area contributed by atoms with Crippen molar-refractivity contribution in [3.8, 4) is 6.07 Å². The van der Waals surface area contributed by atoms with Gasteiger partial charge in [-0.25, -0.2) is 4.98 Å². The highest BCUT2D eigenvalue weighted by Crippen LogP contribution is 2.24. The van der Waals surface area contributed by atoms with Crippen molar-refractivity contribution < 1.29 is 13.2 Å². The quantitative estimate of drug-likeness (QED) is 0.890. The van der Waals surface area contributed by atoms with E-state index in [0.717, 1.165) is 5.01 Å². The van der Waals surface area contributed by atoms with Crippen LogP contribution in [0.25, 0.3) is 0 Å². The van der Waals surface area contributed by atoms with Gasteiger partial charge in [-0.15, -0.1) is 11.3 Å². The average molecular weight is 249 g/mol. The zero-order valence-electron chi connectivity index (χ0n) is 8.51. The molecule has 0 aliphatic heterocycles. The van der Waals surface area contributed by atoms with Gasteiger partial charge < -0.3 is 5.32 Å². The number of nitriles is 1. The number of aryl methyl sites for hydroxylation is 1. The maximum absolute atomic E-state index is 12.2. The van der Waals surface area contributed by atoms with Crippen molar-refractivity contribution in [1.29, 1.82) is 5.26 Å². The van der Waals surface area contributed by atoms with Crippen LogP contribution in [-0.4, -0.2) is 17.7 Å². The summed E-state index contributed by atoms with van der Waals surface area (Å²) in [4.78, 5) is 4.09. The van der Waals surface area contributed by atoms with Gasteiger partial charge in [0.25, 0.3) is 0 Å². The van der Waals surface area contributed by atoms with Crippen molar-refractivity contribution in [2.24, 2.45) is 5.92 Å². The van der Waals surface area contributed by atoms with E-state index in [-0.39, 0.29) is 6.54 Å². The van der Waals surface area contributed by atoms with Gasteiger partial charge in [-0.2, -0.15) is 18.4 Å². The summed E-state index contributed by atoms with van der Waals surface area (Å²) in [7, 11) is 0. The Kier molecular flexibility index (Phi) is 4.26. The number of hydrogen-bond donors (Lipinski definition) is 1. The van der Waals surface area contributed by atoms with Gasteiger partial charge in [-0.3, -0.25) is 0 Å². The summed E-state index contributed by atoms with van der Waals surface area (Å²) in [6, 6.07) is 1.23. The molecule has 0 saturated carbocycles. The van der Waals surface area contributed by atoms with Crippen molar-refractivity contribution in [2.45, 2.75) is 19.6 Å². The van der Waals surface area contributed by atoms with Gasteiger partial charge in [-0.1, -0.05) is 0 Å². The Balaban J connectivity index is 2.38. The molecule has 1 rings (SSSR count). The third-order valence-electron chi connectivity index (χ3n) is 1.87. The van der Waals surface area contributed by atoms with E-state index in [1.54, 1.807) is 5.38 Å². The molecule has 0 fully saturated rings. The predicted molar refractivity (Wildman–Crippen MR) is 53.7 cm³/mol. The smallest absolute Gasteiger partial charge is 0.309 e. The minimum absolute atomic E-state index is 0.249. The van der Waals surface area contributed by atoms with E-state index >= 15 is 0 Å². The van der Waals surface area contributed by atoms with Crippen LogP contribution in [0.15, 0.2) is 5.38 Å². The molecule has 88 valence electrons. The van der Waals surface area contributed by atoms with Gasteiger partial charge in [0.2, 0.25) is 0 Å². The Morgan fingerprint density at radius 1 is 1.62 bits per heavy atom. The fourth-order valence-corrected chi connectivity index (χ4v) is 1.68. The molecule has 0 radical (unpaired) electrons. The van der Waals surface area contributed by atoms with E-state index in [0.29, 0.717) is 5.69 Å².